The lowest BCUT2D eigenvalue weighted by atomic mass is 10.5. The van der Waals surface area contributed by atoms with Gasteiger partial charge >= 0.3 is 0 Å². The van der Waals surface area contributed by atoms with E-state index in [1.54, 1.807) is 0 Å². The monoisotopic (exact) mass is 208 g/mol. The number of pyridine rings is 1. The minimum absolute atomic E-state index is 0.0607. The summed E-state index contributed by atoms with van der Waals surface area (Å²) in [5, 5.41) is 9.07. The zero-order chi connectivity index (χ0) is 9.14. The molecule has 0 saturated heterocycles. The molecule has 7 heteroatoms. The van der Waals surface area contributed by atoms with Gasteiger partial charge in [-0.05, 0) is 6.07 Å². The normalized spacial score (nSPS) is 9.50. The topological polar surface area (TPSA) is 65.3 Å². The van der Waals surface area contributed by atoms with Gasteiger partial charge in [-0.25, -0.2) is 4.98 Å². The summed E-state index contributed by atoms with van der Waals surface area (Å²) in [4.78, 5) is 17.4. The molecule has 0 N–H and O–H groups in total. The standard InChI is InChI=1S/C5H2Cl2N2O3/c6-4-1-3(12-9(10)11)2-8-5(4)7/h1-2H. The minimum atomic E-state index is -0.957. The first-order valence-electron chi connectivity index (χ1n) is 2.73. The zero-order valence-corrected chi connectivity index (χ0v) is 7.04. The minimum Gasteiger partial charge on any atom is -0.275 e. The third-order valence-corrected chi connectivity index (χ3v) is 1.64. The molecule has 64 valence electrons. The van der Waals surface area contributed by atoms with Crippen molar-refractivity contribution >= 4 is 23.2 Å². The molecule has 0 aliphatic carbocycles. The fourth-order valence-electron chi connectivity index (χ4n) is 0.540. The number of rotatable bonds is 2. The summed E-state index contributed by atoms with van der Waals surface area (Å²) >= 11 is 10.9. The number of halogens is 2. The third kappa shape index (κ3) is 2.21. The van der Waals surface area contributed by atoms with Crippen molar-refractivity contribution in [1.82, 2.24) is 4.98 Å². The zero-order valence-electron chi connectivity index (χ0n) is 5.53. The van der Waals surface area contributed by atoms with Crippen LogP contribution in [0.3, 0.4) is 0 Å². The third-order valence-electron chi connectivity index (χ3n) is 0.951. The van der Waals surface area contributed by atoms with Crippen molar-refractivity contribution in [2.24, 2.45) is 0 Å². The lowest BCUT2D eigenvalue weighted by molar-refractivity contribution is -0.711. The Labute approximate surface area is 77.0 Å². The largest absolute Gasteiger partial charge is 0.299 e. The van der Waals surface area contributed by atoms with Crippen molar-refractivity contribution in [2.75, 3.05) is 0 Å². The van der Waals surface area contributed by atoms with E-state index in [1.165, 1.54) is 6.07 Å². The molecule has 1 aromatic rings. The SMILES string of the molecule is O=[N+]([O-])Oc1cnc(Cl)c(Cl)c1. The fourth-order valence-corrected chi connectivity index (χ4v) is 0.799. The summed E-state index contributed by atoms with van der Waals surface area (Å²) < 4.78 is 0. The van der Waals surface area contributed by atoms with E-state index in [2.05, 4.69) is 9.82 Å². The molecule has 0 atom stereocenters. The number of hydrogen-bond donors (Lipinski definition) is 0. The number of hydrogen-bond acceptors (Lipinski definition) is 4. The Morgan fingerprint density at radius 1 is 1.58 bits per heavy atom. The van der Waals surface area contributed by atoms with Gasteiger partial charge in [-0.1, -0.05) is 23.2 Å². The average Bonchev–Trinajstić information content (AvgIpc) is 1.96. The van der Waals surface area contributed by atoms with Crippen LogP contribution in [0.1, 0.15) is 0 Å². The summed E-state index contributed by atoms with van der Waals surface area (Å²) in [6.07, 6.45) is 1.11. The highest BCUT2D eigenvalue weighted by molar-refractivity contribution is 6.41. The van der Waals surface area contributed by atoms with Gasteiger partial charge in [0.1, 0.15) is 10.9 Å². The van der Waals surface area contributed by atoms with Gasteiger partial charge in [-0.15, -0.1) is 10.1 Å². The van der Waals surface area contributed by atoms with Crippen LogP contribution >= 0.6 is 23.2 Å². The number of aromatic nitrogens is 1. The summed E-state index contributed by atoms with van der Waals surface area (Å²) in [5.41, 5.74) is 0. The molecule has 0 aliphatic heterocycles. The summed E-state index contributed by atoms with van der Waals surface area (Å²) in [6, 6.07) is 1.21. The van der Waals surface area contributed by atoms with E-state index >= 15 is 0 Å². The van der Waals surface area contributed by atoms with E-state index in [0.717, 1.165) is 6.20 Å². The summed E-state index contributed by atoms with van der Waals surface area (Å²) in [7, 11) is 0. The van der Waals surface area contributed by atoms with Crippen LogP contribution in [0, 0.1) is 10.1 Å². The molecular formula is C5H2Cl2N2O3. The quantitative estimate of drug-likeness (QED) is 0.424. The van der Waals surface area contributed by atoms with Gasteiger partial charge in [0.15, 0.2) is 0 Å². The van der Waals surface area contributed by atoms with Gasteiger partial charge < -0.3 is 0 Å². The van der Waals surface area contributed by atoms with Gasteiger partial charge in [0.2, 0.25) is 0 Å². The highest BCUT2D eigenvalue weighted by Crippen LogP contribution is 2.23. The van der Waals surface area contributed by atoms with Crippen molar-refractivity contribution in [1.29, 1.82) is 0 Å². The van der Waals surface area contributed by atoms with Crippen molar-refractivity contribution < 1.29 is 9.92 Å². The first-order chi connectivity index (χ1) is 5.59. The summed E-state index contributed by atoms with van der Waals surface area (Å²) in [5.74, 6) is -0.0607. The van der Waals surface area contributed by atoms with Gasteiger partial charge in [0.05, 0.1) is 11.2 Å². The smallest absolute Gasteiger partial charge is 0.275 e. The molecule has 0 spiro atoms. The second-order valence-electron chi connectivity index (χ2n) is 1.76. The van der Waals surface area contributed by atoms with E-state index in [1.807, 2.05) is 0 Å². The molecule has 0 fully saturated rings. The van der Waals surface area contributed by atoms with Crippen LogP contribution in [0.25, 0.3) is 0 Å². The Bertz CT molecular complexity index is 318. The maximum absolute atomic E-state index is 9.84. The highest BCUT2D eigenvalue weighted by Gasteiger charge is 2.03. The van der Waals surface area contributed by atoms with Gasteiger partial charge in [0.25, 0.3) is 5.09 Å². The van der Waals surface area contributed by atoms with Crippen molar-refractivity contribution in [2.45, 2.75) is 0 Å². The van der Waals surface area contributed by atoms with Crippen LogP contribution in [0.2, 0.25) is 10.2 Å². The predicted molar refractivity (Wildman–Crippen MR) is 41.9 cm³/mol. The van der Waals surface area contributed by atoms with E-state index in [-0.39, 0.29) is 15.9 Å². The average molecular weight is 209 g/mol. The Kier molecular flexibility index (Phi) is 2.67. The van der Waals surface area contributed by atoms with E-state index in [4.69, 9.17) is 23.2 Å². The molecule has 5 nitrogen and oxygen atoms in total. The van der Waals surface area contributed by atoms with Crippen molar-refractivity contribution in [3.05, 3.63) is 32.6 Å². The van der Waals surface area contributed by atoms with Crippen LogP contribution in [-0.4, -0.2) is 10.1 Å². The van der Waals surface area contributed by atoms with Gasteiger partial charge in [-0.2, -0.15) is 0 Å². The van der Waals surface area contributed by atoms with Crippen LogP contribution in [0.4, 0.5) is 0 Å². The van der Waals surface area contributed by atoms with E-state index in [0.29, 0.717) is 0 Å². The highest BCUT2D eigenvalue weighted by atomic mass is 35.5. The lowest BCUT2D eigenvalue weighted by Crippen LogP contribution is -2.03. The second kappa shape index (κ2) is 3.55. The Hall–Kier alpha value is -1.07. The first kappa shape index (κ1) is 9.02. The Balaban J connectivity index is 2.89. The van der Waals surface area contributed by atoms with Crippen LogP contribution < -0.4 is 4.84 Å². The molecule has 0 bridgehead atoms. The fraction of sp³-hybridized carbons (Fsp3) is 0. The molecule has 1 aromatic heterocycles. The molecule has 1 rings (SSSR count). The maximum Gasteiger partial charge on any atom is 0.299 e. The molecule has 0 unspecified atom stereocenters. The molecule has 0 amide bonds. The maximum atomic E-state index is 9.84. The van der Waals surface area contributed by atoms with E-state index in [9.17, 15) is 10.1 Å². The predicted octanol–water partition coefficient (Wildman–Crippen LogP) is 1.96. The number of nitrogens with zero attached hydrogens (tertiary/aromatic N) is 2. The lowest BCUT2D eigenvalue weighted by Gasteiger charge is -1.98. The van der Waals surface area contributed by atoms with E-state index < -0.39 is 5.09 Å². The first-order valence-corrected chi connectivity index (χ1v) is 3.48. The van der Waals surface area contributed by atoms with Gasteiger partial charge in [0, 0.05) is 0 Å². The molecule has 12 heavy (non-hydrogen) atoms. The van der Waals surface area contributed by atoms with Crippen LogP contribution in [0.15, 0.2) is 12.3 Å². The van der Waals surface area contributed by atoms with Crippen molar-refractivity contribution in [3.63, 3.8) is 0 Å². The Morgan fingerprint density at radius 2 is 2.25 bits per heavy atom. The second-order valence-corrected chi connectivity index (χ2v) is 2.52. The van der Waals surface area contributed by atoms with Gasteiger partial charge in [-0.3, -0.25) is 4.84 Å². The molecule has 1 heterocycles. The van der Waals surface area contributed by atoms with Crippen LogP contribution in [0.5, 0.6) is 5.75 Å². The molecular weight excluding hydrogens is 207 g/mol. The van der Waals surface area contributed by atoms with Crippen LogP contribution in [-0.2, 0) is 0 Å². The Morgan fingerprint density at radius 3 is 2.75 bits per heavy atom. The summed E-state index contributed by atoms with van der Waals surface area (Å²) in [6.45, 7) is 0. The molecule has 0 radical (unpaired) electrons. The molecule has 0 saturated carbocycles. The van der Waals surface area contributed by atoms with Crippen molar-refractivity contribution in [3.8, 4) is 5.75 Å². The molecule has 0 aliphatic rings. The molecule has 0 aromatic carbocycles.